The second-order valence-corrected chi connectivity index (χ2v) is 7.92. The van der Waals surface area contributed by atoms with Crippen LogP contribution < -0.4 is 4.90 Å². The summed E-state index contributed by atoms with van der Waals surface area (Å²) in [5, 5.41) is 0. The van der Waals surface area contributed by atoms with Gasteiger partial charge < -0.3 is 0 Å². The van der Waals surface area contributed by atoms with Crippen LogP contribution in [0.15, 0.2) is 59.1 Å². The first kappa shape index (κ1) is 19.1. The fourth-order valence-corrected chi connectivity index (χ4v) is 4.19. The normalized spacial score (nSPS) is 18.2. The zero-order valence-electron chi connectivity index (χ0n) is 15.6. The van der Waals surface area contributed by atoms with Crippen molar-refractivity contribution >= 4 is 39.4 Å². The molecule has 28 heavy (non-hydrogen) atoms. The Morgan fingerprint density at radius 2 is 1.61 bits per heavy atom. The van der Waals surface area contributed by atoms with Gasteiger partial charge in [-0.05, 0) is 33.6 Å². The number of carbonyl (C=O) groups excluding carboxylic acids is 2. The molecule has 144 valence electrons. The predicted octanol–water partition coefficient (Wildman–Crippen LogP) is 3.27. The van der Waals surface area contributed by atoms with Crippen LogP contribution in [-0.4, -0.2) is 60.9 Å². The van der Waals surface area contributed by atoms with Gasteiger partial charge in [-0.15, -0.1) is 0 Å². The van der Waals surface area contributed by atoms with Crippen LogP contribution in [0, 0.1) is 0 Å². The average molecular weight is 440 g/mol. The molecule has 2 aromatic carbocycles. The van der Waals surface area contributed by atoms with Gasteiger partial charge in [0.1, 0.15) is 0 Å². The number of nitrogens with zero attached hydrogens (tertiary/aromatic N) is 3. The van der Waals surface area contributed by atoms with Crippen LogP contribution in [0.2, 0.25) is 0 Å². The summed E-state index contributed by atoms with van der Waals surface area (Å²) in [4.78, 5) is 31.0. The number of anilines is 1. The van der Waals surface area contributed by atoms with Crippen molar-refractivity contribution in [2.45, 2.75) is 0 Å². The van der Waals surface area contributed by atoms with Gasteiger partial charge in [-0.3, -0.25) is 24.3 Å². The van der Waals surface area contributed by atoms with Gasteiger partial charge in [0.2, 0.25) is 0 Å². The minimum atomic E-state index is -0.435. The molecule has 0 unspecified atom stereocenters. The smallest absolute Gasteiger partial charge is 0.297 e. The van der Waals surface area contributed by atoms with Crippen LogP contribution in [0.5, 0.6) is 0 Å². The van der Waals surface area contributed by atoms with Gasteiger partial charge in [0.25, 0.3) is 5.78 Å². The molecule has 2 aliphatic heterocycles. The van der Waals surface area contributed by atoms with Crippen molar-refractivity contribution in [1.82, 2.24) is 9.80 Å². The molecule has 0 saturated carbocycles. The standard InChI is InChI=1S/C22H22BrN3O2/c23-18-9-4-10-19-20(18)21(27)22(28)26(19)16-25-14-12-24(13-15-25)11-5-8-17-6-2-1-3-7-17/h1-10H,11-16H2/b8-5+. The number of benzene rings is 2. The van der Waals surface area contributed by atoms with E-state index in [-0.39, 0.29) is 0 Å². The topological polar surface area (TPSA) is 43.9 Å². The zero-order chi connectivity index (χ0) is 19.5. The number of ketones is 1. The maximum Gasteiger partial charge on any atom is 0.300 e. The highest BCUT2D eigenvalue weighted by molar-refractivity contribution is 9.10. The van der Waals surface area contributed by atoms with Gasteiger partial charge >= 0.3 is 5.91 Å². The fraction of sp³-hybridized carbons (Fsp3) is 0.273. The molecule has 5 nitrogen and oxygen atoms in total. The molecule has 2 aliphatic rings. The zero-order valence-corrected chi connectivity index (χ0v) is 17.1. The summed E-state index contributed by atoms with van der Waals surface area (Å²) < 4.78 is 0.681. The van der Waals surface area contributed by atoms with Crippen molar-refractivity contribution in [2.24, 2.45) is 0 Å². The van der Waals surface area contributed by atoms with Gasteiger partial charge in [-0.25, -0.2) is 0 Å². The Morgan fingerprint density at radius 1 is 0.893 bits per heavy atom. The van der Waals surface area contributed by atoms with Crippen LogP contribution in [0.25, 0.3) is 6.08 Å². The summed E-state index contributed by atoms with van der Waals surface area (Å²) in [6, 6.07) is 15.8. The molecule has 2 heterocycles. The van der Waals surface area contributed by atoms with Crippen molar-refractivity contribution in [3.05, 3.63) is 70.2 Å². The lowest BCUT2D eigenvalue weighted by Gasteiger charge is -2.36. The summed E-state index contributed by atoms with van der Waals surface area (Å²) >= 11 is 3.39. The van der Waals surface area contributed by atoms with Crippen LogP contribution in [0.3, 0.4) is 0 Å². The molecule has 6 heteroatoms. The van der Waals surface area contributed by atoms with E-state index >= 15 is 0 Å². The highest BCUT2D eigenvalue weighted by Crippen LogP contribution is 2.34. The third-order valence-electron chi connectivity index (χ3n) is 5.23. The van der Waals surface area contributed by atoms with Crippen LogP contribution in [0.4, 0.5) is 5.69 Å². The van der Waals surface area contributed by atoms with E-state index in [0.29, 0.717) is 22.4 Å². The maximum absolute atomic E-state index is 12.4. The Kier molecular flexibility index (Phi) is 5.71. The van der Waals surface area contributed by atoms with Crippen LogP contribution >= 0.6 is 15.9 Å². The lowest BCUT2D eigenvalue weighted by Crippen LogP contribution is -2.50. The minimum absolute atomic E-state index is 0.424. The lowest BCUT2D eigenvalue weighted by molar-refractivity contribution is -0.114. The number of hydrogen-bond acceptors (Lipinski definition) is 4. The van der Waals surface area contributed by atoms with Gasteiger partial charge in [-0.2, -0.15) is 0 Å². The van der Waals surface area contributed by atoms with Gasteiger partial charge in [0.15, 0.2) is 0 Å². The molecule has 0 aliphatic carbocycles. The molecule has 1 saturated heterocycles. The van der Waals surface area contributed by atoms with E-state index in [1.807, 2.05) is 30.3 Å². The van der Waals surface area contributed by atoms with Crippen molar-refractivity contribution < 1.29 is 9.59 Å². The first-order valence-corrected chi connectivity index (χ1v) is 10.2. The van der Waals surface area contributed by atoms with Crippen LogP contribution in [-0.2, 0) is 4.79 Å². The van der Waals surface area contributed by atoms with Gasteiger partial charge in [0, 0.05) is 37.2 Å². The van der Waals surface area contributed by atoms with E-state index in [1.54, 1.807) is 11.0 Å². The fourth-order valence-electron chi connectivity index (χ4n) is 3.66. The van der Waals surface area contributed by atoms with Crippen LogP contribution in [0.1, 0.15) is 15.9 Å². The Labute approximate surface area is 173 Å². The quantitative estimate of drug-likeness (QED) is 0.670. The molecule has 0 aromatic heterocycles. The lowest BCUT2D eigenvalue weighted by atomic mass is 10.1. The summed E-state index contributed by atoms with van der Waals surface area (Å²) in [5.74, 6) is -0.859. The summed E-state index contributed by atoms with van der Waals surface area (Å²) in [5.41, 5.74) is 2.40. The van der Waals surface area contributed by atoms with E-state index in [4.69, 9.17) is 0 Å². The predicted molar refractivity (Wildman–Crippen MR) is 114 cm³/mol. The molecule has 0 N–H and O–H groups in total. The Bertz CT molecular complexity index is 905. The van der Waals surface area contributed by atoms with Crippen molar-refractivity contribution in [3.63, 3.8) is 0 Å². The number of rotatable bonds is 5. The SMILES string of the molecule is O=C1C(=O)N(CN2CCN(C/C=C/c3ccccc3)CC2)c2cccc(Br)c21. The number of Topliss-reactive ketones (excluding diaryl/α,β-unsaturated/α-hetero) is 1. The molecule has 4 rings (SSSR count). The summed E-state index contributed by atoms with van der Waals surface area (Å²) in [6.07, 6.45) is 4.34. The van der Waals surface area contributed by atoms with E-state index in [0.717, 1.165) is 32.7 Å². The molecule has 0 radical (unpaired) electrons. The highest BCUT2D eigenvalue weighted by atomic mass is 79.9. The summed E-state index contributed by atoms with van der Waals surface area (Å²) in [7, 11) is 0. The van der Waals surface area contributed by atoms with E-state index in [9.17, 15) is 9.59 Å². The second-order valence-electron chi connectivity index (χ2n) is 7.07. The van der Waals surface area contributed by atoms with Crippen molar-refractivity contribution in [3.8, 4) is 0 Å². The second kappa shape index (κ2) is 8.39. The number of fused-ring (bicyclic) bond motifs is 1. The van der Waals surface area contributed by atoms with Gasteiger partial charge in [0.05, 0.1) is 17.9 Å². The monoisotopic (exact) mass is 439 g/mol. The third-order valence-corrected chi connectivity index (χ3v) is 5.89. The molecule has 0 atom stereocenters. The average Bonchev–Trinajstić information content (AvgIpc) is 2.96. The largest absolute Gasteiger partial charge is 0.300 e. The van der Waals surface area contributed by atoms with Gasteiger partial charge in [-0.1, -0.05) is 48.6 Å². The molecule has 1 amide bonds. The first-order valence-electron chi connectivity index (χ1n) is 9.44. The first-order chi connectivity index (χ1) is 13.6. The molecular weight excluding hydrogens is 418 g/mol. The summed E-state index contributed by atoms with van der Waals surface area (Å²) in [6.45, 7) is 5.02. The number of piperazine rings is 1. The molecule has 2 aromatic rings. The van der Waals surface area contributed by atoms with Crippen molar-refractivity contribution in [2.75, 3.05) is 44.3 Å². The molecule has 0 spiro atoms. The minimum Gasteiger partial charge on any atom is -0.297 e. The number of amides is 1. The highest BCUT2D eigenvalue weighted by Gasteiger charge is 2.38. The maximum atomic E-state index is 12.4. The molecule has 1 fully saturated rings. The van der Waals surface area contributed by atoms with E-state index in [1.165, 1.54) is 5.56 Å². The molecular formula is C22H22BrN3O2. The Balaban J connectivity index is 1.32. The molecule has 0 bridgehead atoms. The van der Waals surface area contributed by atoms with E-state index in [2.05, 4.69) is 50.0 Å². The van der Waals surface area contributed by atoms with E-state index < -0.39 is 11.7 Å². The number of hydrogen-bond donors (Lipinski definition) is 0. The number of carbonyl (C=O) groups is 2. The van der Waals surface area contributed by atoms with Crippen molar-refractivity contribution in [1.29, 1.82) is 0 Å². The Hall–Kier alpha value is -2.28. The number of halogens is 1. The third kappa shape index (κ3) is 3.94. The Morgan fingerprint density at radius 3 is 2.36 bits per heavy atom.